The van der Waals surface area contributed by atoms with Crippen LogP contribution in [0.15, 0.2) is 83.0 Å². The number of carbonyl (C=O) groups excluding carboxylic acids is 2. The van der Waals surface area contributed by atoms with Crippen LogP contribution in [0.4, 0.5) is 5.69 Å². The standard InChI is InChI=1S/C23H19NO5/c1-2-28-17-11-6-8-15(14-17)21(25)19-20(18-12-7-13-29-18)24(23(27)22(19)26)16-9-4-3-5-10-16/h3-14,20,25H,2H2,1H3/b21-19-. The number of carbonyl (C=O) groups is 2. The number of hydrogen-bond donors (Lipinski definition) is 1. The molecule has 0 radical (unpaired) electrons. The summed E-state index contributed by atoms with van der Waals surface area (Å²) in [4.78, 5) is 27.2. The van der Waals surface area contributed by atoms with E-state index in [1.54, 1.807) is 60.7 Å². The van der Waals surface area contributed by atoms with Gasteiger partial charge in [-0.15, -0.1) is 0 Å². The second kappa shape index (κ2) is 7.67. The van der Waals surface area contributed by atoms with Crippen LogP contribution in [-0.2, 0) is 9.59 Å². The summed E-state index contributed by atoms with van der Waals surface area (Å²) in [6.07, 6.45) is 1.47. The average Bonchev–Trinajstić information content (AvgIpc) is 3.36. The molecule has 6 nitrogen and oxygen atoms in total. The predicted molar refractivity (Wildman–Crippen MR) is 108 cm³/mol. The van der Waals surface area contributed by atoms with Crippen LogP contribution in [0, 0.1) is 0 Å². The minimum absolute atomic E-state index is 0.0255. The molecular weight excluding hydrogens is 370 g/mol. The minimum Gasteiger partial charge on any atom is -0.507 e. The maximum atomic E-state index is 12.9. The molecule has 1 N–H and O–H groups in total. The van der Waals surface area contributed by atoms with Crippen molar-refractivity contribution in [3.8, 4) is 5.75 Å². The summed E-state index contributed by atoms with van der Waals surface area (Å²) in [5.74, 6) is -0.821. The van der Waals surface area contributed by atoms with Gasteiger partial charge in [-0.1, -0.05) is 30.3 Å². The Bertz CT molecular complexity index is 1070. The van der Waals surface area contributed by atoms with E-state index in [4.69, 9.17) is 9.15 Å². The van der Waals surface area contributed by atoms with Gasteiger partial charge in [-0.3, -0.25) is 14.5 Å². The van der Waals surface area contributed by atoms with Gasteiger partial charge in [0.2, 0.25) is 0 Å². The molecule has 6 heteroatoms. The van der Waals surface area contributed by atoms with Gasteiger partial charge in [0.1, 0.15) is 23.3 Å². The van der Waals surface area contributed by atoms with Gasteiger partial charge in [0.15, 0.2) is 0 Å². The lowest BCUT2D eigenvalue weighted by atomic mass is 9.99. The van der Waals surface area contributed by atoms with Gasteiger partial charge < -0.3 is 14.3 Å². The highest BCUT2D eigenvalue weighted by Gasteiger charge is 2.48. The fourth-order valence-corrected chi connectivity index (χ4v) is 3.46. The molecule has 1 unspecified atom stereocenters. The third kappa shape index (κ3) is 3.29. The van der Waals surface area contributed by atoms with E-state index in [0.717, 1.165) is 0 Å². The zero-order valence-electron chi connectivity index (χ0n) is 15.7. The molecule has 1 saturated heterocycles. The van der Waals surface area contributed by atoms with Gasteiger partial charge in [-0.25, -0.2) is 0 Å². The van der Waals surface area contributed by atoms with Gasteiger partial charge in [-0.05, 0) is 43.3 Å². The first kappa shape index (κ1) is 18.6. The molecule has 2 heterocycles. The van der Waals surface area contributed by atoms with E-state index in [-0.39, 0.29) is 11.3 Å². The molecular formula is C23H19NO5. The Balaban J connectivity index is 1.89. The van der Waals surface area contributed by atoms with Crippen LogP contribution in [0.2, 0.25) is 0 Å². The summed E-state index contributed by atoms with van der Waals surface area (Å²) >= 11 is 0. The molecule has 2 aromatic carbocycles. The molecule has 0 spiro atoms. The summed E-state index contributed by atoms with van der Waals surface area (Å²) in [6.45, 7) is 2.32. The molecule has 3 aromatic rings. The van der Waals surface area contributed by atoms with Crippen LogP contribution >= 0.6 is 0 Å². The summed E-state index contributed by atoms with van der Waals surface area (Å²) in [6, 6.07) is 18.1. The number of aliphatic hydroxyl groups is 1. The van der Waals surface area contributed by atoms with Crippen molar-refractivity contribution < 1.29 is 23.8 Å². The number of furan rings is 1. The maximum absolute atomic E-state index is 12.9. The van der Waals surface area contributed by atoms with Crippen LogP contribution in [-0.4, -0.2) is 23.4 Å². The van der Waals surface area contributed by atoms with Gasteiger partial charge in [-0.2, -0.15) is 0 Å². The molecule has 1 aliphatic heterocycles. The van der Waals surface area contributed by atoms with Crippen molar-refractivity contribution in [2.75, 3.05) is 11.5 Å². The van der Waals surface area contributed by atoms with Crippen LogP contribution in [0.3, 0.4) is 0 Å². The quantitative estimate of drug-likeness (QED) is 0.400. The molecule has 4 rings (SSSR count). The lowest BCUT2D eigenvalue weighted by molar-refractivity contribution is -0.132. The van der Waals surface area contributed by atoms with E-state index in [9.17, 15) is 14.7 Å². The number of benzene rings is 2. The van der Waals surface area contributed by atoms with Crippen molar-refractivity contribution in [1.82, 2.24) is 0 Å². The predicted octanol–water partition coefficient (Wildman–Crippen LogP) is 4.30. The number of anilines is 1. The van der Waals surface area contributed by atoms with Crippen molar-refractivity contribution in [3.05, 3.63) is 89.9 Å². The first-order valence-corrected chi connectivity index (χ1v) is 9.24. The van der Waals surface area contributed by atoms with Gasteiger partial charge in [0, 0.05) is 11.3 Å². The van der Waals surface area contributed by atoms with Crippen molar-refractivity contribution in [1.29, 1.82) is 0 Å². The van der Waals surface area contributed by atoms with Gasteiger partial charge >= 0.3 is 0 Å². The second-order valence-corrected chi connectivity index (χ2v) is 6.48. The Morgan fingerprint density at radius 2 is 1.86 bits per heavy atom. The smallest absolute Gasteiger partial charge is 0.300 e. The molecule has 146 valence electrons. The first-order valence-electron chi connectivity index (χ1n) is 9.24. The van der Waals surface area contributed by atoms with E-state index in [2.05, 4.69) is 0 Å². The molecule has 1 fully saturated rings. The molecule has 0 saturated carbocycles. The lowest BCUT2D eigenvalue weighted by Crippen LogP contribution is -2.29. The van der Waals surface area contributed by atoms with Gasteiger partial charge in [0.05, 0.1) is 18.4 Å². The third-order valence-corrected chi connectivity index (χ3v) is 4.71. The number of rotatable bonds is 5. The fraction of sp³-hybridized carbons (Fsp3) is 0.130. The Hall–Kier alpha value is -3.80. The maximum Gasteiger partial charge on any atom is 0.300 e. The number of ketones is 1. The largest absolute Gasteiger partial charge is 0.507 e. The highest BCUT2D eigenvalue weighted by Crippen LogP contribution is 2.42. The monoisotopic (exact) mass is 389 g/mol. The van der Waals surface area contributed by atoms with E-state index >= 15 is 0 Å². The summed E-state index contributed by atoms with van der Waals surface area (Å²) in [5, 5.41) is 11.0. The molecule has 1 atom stereocenters. The molecule has 0 bridgehead atoms. The summed E-state index contributed by atoms with van der Waals surface area (Å²) in [5.41, 5.74) is 0.902. The van der Waals surface area contributed by atoms with Gasteiger partial charge in [0.25, 0.3) is 11.7 Å². The third-order valence-electron chi connectivity index (χ3n) is 4.71. The summed E-state index contributed by atoms with van der Waals surface area (Å²) in [7, 11) is 0. The molecule has 1 aromatic heterocycles. The molecule has 1 amide bonds. The van der Waals surface area contributed by atoms with E-state index < -0.39 is 17.7 Å². The average molecular weight is 389 g/mol. The van der Waals surface area contributed by atoms with E-state index in [1.165, 1.54) is 11.2 Å². The summed E-state index contributed by atoms with van der Waals surface area (Å²) < 4.78 is 11.0. The molecule has 1 aliphatic rings. The Labute approximate surface area is 167 Å². The van der Waals surface area contributed by atoms with Crippen LogP contribution in [0.25, 0.3) is 5.76 Å². The number of amides is 1. The van der Waals surface area contributed by atoms with Crippen LogP contribution in [0.5, 0.6) is 5.75 Å². The van der Waals surface area contributed by atoms with Crippen molar-refractivity contribution in [3.63, 3.8) is 0 Å². The number of Topliss-reactive ketones (excluding diaryl/α,β-unsaturated/α-hetero) is 1. The van der Waals surface area contributed by atoms with Crippen LogP contribution < -0.4 is 9.64 Å². The zero-order chi connectivity index (χ0) is 20.4. The Kier molecular flexibility index (Phi) is 4.91. The zero-order valence-corrected chi connectivity index (χ0v) is 15.7. The van der Waals surface area contributed by atoms with Crippen molar-refractivity contribution in [2.45, 2.75) is 13.0 Å². The molecule has 0 aliphatic carbocycles. The SMILES string of the molecule is CCOc1cccc(/C(O)=C2/C(=O)C(=O)N(c3ccccc3)C2c2ccco2)c1. The first-order chi connectivity index (χ1) is 14.1. The number of aliphatic hydroxyl groups excluding tert-OH is 1. The molecule has 29 heavy (non-hydrogen) atoms. The van der Waals surface area contributed by atoms with Crippen LogP contribution in [0.1, 0.15) is 24.3 Å². The topological polar surface area (TPSA) is 80.0 Å². The minimum atomic E-state index is -0.872. The Morgan fingerprint density at radius 3 is 2.55 bits per heavy atom. The normalized spacial score (nSPS) is 18.2. The van der Waals surface area contributed by atoms with Crippen molar-refractivity contribution >= 4 is 23.1 Å². The fourth-order valence-electron chi connectivity index (χ4n) is 3.46. The van der Waals surface area contributed by atoms with Crippen molar-refractivity contribution in [2.24, 2.45) is 0 Å². The van der Waals surface area contributed by atoms with E-state index in [0.29, 0.717) is 29.4 Å². The van der Waals surface area contributed by atoms with E-state index in [1.807, 2.05) is 13.0 Å². The number of hydrogen-bond acceptors (Lipinski definition) is 5. The highest BCUT2D eigenvalue weighted by atomic mass is 16.5. The number of ether oxygens (including phenoxy) is 1. The lowest BCUT2D eigenvalue weighted by Gasteiger charge is -2.23. The number of para-hydroxylation sites is 1. The second-order valence-electron chi connectivity index (χ2n) is 6.48. The highest BCUT2D eigenvalue weighted by molar-refractivity contribution is 6.51. The Morgan fingerprint density at radius 1 is 1.07 bits per heavy atom. The number of nitrogens with zero attached hydrogens (tertiary/aromatic N) is 1.